The van der Waals surface area contributed by atoms with E-state index < -0.39 is 5.60 Å². The zero-order valence-corrected chi connectivity index (χ0v) is 21.5. The van der Waals surface area contributed by atoms with Crippen LogP contribution in [0.25, 0.3) is 10.9 Å². The number of piperidine rings is 2. The predicted molar refractivity (Wildman–Crippen MR) is 141 cm³/mol. The van der Waals surface area contributed by atoms with Crippen LogP contribution in [0.3, 0.4) is 0 Å². The first kappa shape index (κ1) is 24.5. The second-order valence-corrected chi connectivity index (χ2v) is 10.9. The molecule has 0 saturated carbocycles. The third-order valence-corrected chi connectivity index (χ3v) is 8.61. The number of pyridine rings is 1. The molecule has 0 aliphatic carbocycles. The van der Waals surface area contributed by atoms with Crippen molar-refractivity contribution in [2.75, 3.05) is 26.2 Å². The van der Waals surface area contributed by atoms with Gasteiger partial charge in [-0.3, -0.25) is 14.7 Å². The van der Waals surface area contributed by atoms with E-state index in [2.05, 4.69) is 16.8 Å². The average molecular weight is 512 g/mol. The first-order valence-electron chi connectivity index (χ1n) is 12.4. The van der Waals surface area contributed by atoms with Crippen molar-refractivity contribution in [2.45, 2.75) is 44.2 Å². The largest absolute Gasteiger partial charge is 0.389 e. The van der Waals surface area contributed by atoms with Gasteiger partial charge in [-0.05, 0) is 67.1 Å². The molecule has 2 aromatic carbocycles. The van der Waals surface area contributed by atoms with Gasteiger partial charge in [0, 0.05) is 55.8 Å². The topological polar surface area (TPSA) is 56.7 Å². The Balaban J connectivity index is 1.17. The molecule has 7 heteroatoms. The first-order valence-corrected chi connectivity index (χ1v) is 13.1. The van der Waals surface area contributed by atoms with Gasteiger partial charge < -0.3 is 10.0 Å². The number of benzene rings is 2. The molecular formula is C28H31Cl2N3O2. The molecule has 1 aromatic heterocycles. The van der Waals surface area contributed by atoms with Crippen LogP contribution >= 0.6 is 23.2 Å². The minimum absolute atomic E-state index is 0.0946. The second kappa shape index (κ2) is 10.1. The smallest absolute Gasteiger partial charge is 0.253 e. The van der Waals surface area contributed by atoms with Gasteiger partial charge in [0.15, 0.2) is 0 Å². The Bertz CT molecular complexity index is 1230. The van der Waals surface area contributed by atoms with E-state index in [-0.39, 0.29) is 11.8 Å². The van der Waals surface area contributed by atoms with Gasteiger partial charge >= 0.3 is 0 Å². The van der Waals surface area contributed by atoms with Crippen LogP contribution in [0.2, 0.25) is 10.0 Å². The van der Waals surface area contributed by atoms with Crippen LogP contribution in [-0.2, 0) is 6.42 Å². The van der Waals surface area contributed by atoms with Gasteiger partial charge in [0.1, 0.15) is 0 Å². The van der Waals surface area contributed by atoms with E-state index in [0.717, 1.165) is 67.5 Å². The summed E-state index contributed by atoms with van der Waals surface area (Å²) in [5, 5.41) is 13.5. The molecule has 0 radical (unpaired) electrons. The van der Waals surface area contributed by atoms with Crippen molar-refractivity contribution < 1.29 is 9.90 Å². The van der Waals surface area contributed by atoms with Gasteiger partial charge in [-0.15, -0.1) is 0 Å². The Hall–Kier alpha value is -2.18. The molecule has 2 fully saturated rings. The lowest BCUT2D eigenvalue weighted by Crippen LogP contribution is -2.56. The Morgan fingerprint density at radius 1 is 1.09 bits per heavy atom. The van der Waals surface area contributed by atoms with Crippen molar-refractivity contribution >= 4 is 40.0 Å². The number of carbonyl (C=O) groups is 1. The molecule has 1 N–H and O–H groups in total. The number of amides is 1. The predicted octanol–water partition coefficient (Wildman–Crippen LogP) is 5.46. The molecule has 3 aromatic rings. The van der Waals surface area contributed by atoms with Crippen molar-refractivity contribution in [1.29, 1.82) is 0 Å². The van der Waals surface area contributed by atoms with Crippen LogP contribution in [0.1, 0.15) is 42.1 Å². The van der Waals surface area contributed by atoms with Crippen molar-refractivity contribution in [3.63, 3.8) is 0 Å². The van der Waals surface area contributed by atoms with E-state index in [1.165, 1.54) is 0 Å². The van der Waals surface area contributed by atoms with Crippen LogP contribution < -0.4 is 0 Å². The van der Waals surface area contributed by atoms with Crippen LogP contribution in [0.15, 0.2) is 54.7 Å². The molecule has 0 spiro atoms. The highest BCUT2D eigenvalue weighted by molar-refractivity contribution is 6.42. The molecule has 0 bridgehead atoms. The Labute approximate surface area is 216 Å². The molecular weight excluding hydrogens is 481 g/mol. The molecule has 2 unspecified atom stereocenters. The number of fused-ring (bicyclic) bond motifs is 1. The Morgan fingerprint density at radius 2 is 1.89 bits per heavy atom. The summed E-state index contributed by atoms with van der Waals surface area (Å²) in [5.41, 5.74) is 1.89. The minimum atomic E-state index is -0.755. The van der Waals surface area contributed by atoms with Crippen molar-refractivity contribution in [1.82, 2.24) is 14.8 Å². The zero-order chi connectivity index (χ0) is 24.6. The fraction of sp³-hybridized carbons (Fsp3) is 0.429. The molecule has 2 atom stereocenters. The number of rotatable bonds is 4. The molecule has 5 nitrogen and oxygen atoms in total. The summed E-state index contributed by atoms with van der Waals surface area (Å²) in [5.74, 6) is 0.230. The SMILES string of the molecule is CC1CN(C2CCN(C(=O)c3ccc4ncccc4c3)CC2)CCC1(O)Cc1ccc(Cl)c(Cl)c1. The van der Waals surface area contributed by atoms with Gasteiger partial charge in [0.2, 0.25) is 0 Å². The Kier molecular flexibility index (Phi) is 7.04. The standard InChI is InChI=1S/C28H31Cl2N3O2/c1-19-18-33(14-10-28(19,35)17-20-4-6-24(29)25(30)15-20)23-8-12-32(13-9-23)27(34)22-5-7-26-21(16-22)3-2-11-31-26/h2-7,11,15-16,19,23,35H,8-10,12-14,17-18H2,1H3. The molecule has 2 saturated heterocycles. The number of aliphatic hydroxyl groups is 1. The number of likely N-dealkylation sites (tertiary alicyclic amines) is 2. The van der Waals surface area contributed by atoms with Crippen LogP contribution in [0, 0.1) is 5.92 Å². The fourth-order valence-electron chi connectivity index (χ4n) is 5.62. The van der Waals surface area contributed by atoms with Crippen molar-refractivity contribution in [2.24, 2.45) is 5.92 Å². The van der Waals surface area contributed by atoms with E-state index in [9.17, 15) is 9.90 Å². The molecule has 2 aliphatic rings. The molecule has 35 heavy (non-hydrogen) atoms. The fourth-order valence-corrected chi connectivity index (χ4v) is 5.94. The summed E-state index contributed by atoms with van der Waals surface area (Å²) in [6.45, 7) is 5.36. The second-order valence-electron chi connectivity index (χ2n) is 10.1. The van der Waals surface area contributed by atoms with E-state index in [0.29, 0.717) is 22.5 Å². The average Bonchev–Trinajstić information content (AvgIpc) is 2.87. The highest BCUT2D eigenvalue weighted by atomic mass is 35.5. The summed E-state index contributed by atoms with van der Waals surface area (Å²) in [4.78, 5) is 22.0. The van der Waals surface area contributed by atoms with Gasteiger partial charge in [-0.25, -0.2) is 0 Å². The lowest BCUT2D eigenvalue weighted by molar-refractivity contribution is -0.0773. The summed E-state index contributed by atoms with van der Waals surface area (Å²) in [6, 6.07) is 15.7. The van der Waals surface area contributed by atoms with E-state index >= 15 is 0 Å². The van der Waals surface area contributed by atoms with Crippen LogP contribution in [0.5, 0.6) is 0 Å². The van der Waals surface area contributed by atoms with Gasteiger partial charge in [-0.1, -0.05) is 42.3 Å². The first-order chi connectivity index (χ1) is 16.8. The Morgan fingerprint density at radius 3 is 2.63 bits per heavy atom. The third kappa shape index (κ3) is 5.19. The molecule has 184 valence electrons. The number of carbonyl (C=O) groups excluding carboxylic acids is 1. The van der Waals surface area contributed by atoms with Gasteiger partial charge in [-0.2, -0.15) is 0 Å². The summed E-state index contributed by atoms with van der Waals surface area (Å²) < 4.78 is 0. The number of hydrogen-bond donors (Lipinski definition) is 1. The molecule has 5 rings (SSSR count). The van der Waals surface area contributed by atoms with Crippen molar-refractivity contribution in [3.05, 3.63) is 75.9 Å². The van der Waals surface area contributed by atoms with E-state index in [1.807, 2.05) is 47.4 Å². The number of hydrogen-bond acceptors (Lipinski definition) is 4. The van der Waals surface area contributed by atoms with Gasteiger partial charge in [0.25, 0.3) is 5.91 Å². The maximum atomic E-state index is 13.1. The normalized spacial score (nSPS) is 24.1. The molecule has 1 amide bonds. The monoisotopic (exact) mass is 511 g/mol. The van der Waals surface area contributed by atoms with E-state index in [4.69, 9.17) is 23.2 Å². The number of aromatic nitrogens is 1. The zero-order valence-electron chi connectivity index (χ0n) is 20.0. The van der Waals surface area contributed by atoms with Gasteiger partial charge in [0.05, 0.1) is 21.2 Å². The molecule has 3 heterocycles. The van der Waals surface area contributed by atoms with E-state index in [1.54, 1.807) is 12.3 Å². The quantitative estimate of drug-likeness (QED) is 0.505. The minimum Gasteiger partial charge on any atom is -0.389 e. The summed E-state index contributed by atoms with van der Waals surface area (Å²) in [7, 11) is 0. The highest BCUT2D eigenvalue weighted by Gasteiger charge is 2.41. The molecule has 2 aliphatic heterocycles. The lowest BCUT2D eigenvalue weighted by atomic mass is 9.77. The lowest BCUT2D eigenvalue weighted by Gasteiger charge is -2.47. The maximum absolute atomic E-state index is 13.1. The van der Waals surface area contributed by atoms with Crippen molar-refractivity contribution in [3.8, 4) is 0 Å². The summed E-state index contributed by atoms with van der Waals surface area (Å²) in [6.07, 6.45) is 4.98. The third-order valence-electron chi connectivity index (χ3n) is 7.87. The highest BCUT2D eigenvalue weighted by Crippen LogP contribution is 2.35. The van der Waals surface area contributed by atoms with Crippen LogP contribution in [-0.4, -0.2) is 63.6 Å². The number of nitrogens with zero attached hydrogens (tertiary/aromatic N) is 3. The summed E-state index contributed by atoms with van der Waals surface area (Å²) >= 11 is 12.2. The number of halogens is 2. The maximum Gasteiger partial charge on any atom is 0.253 e. The van der Waals surface area contributed by atoms with Crippen LogP contribution in [0.4, 0.5) is 0 Å².